The molecule has 3 rings (SSSR count). The molecular formula is C19H17ClN4O. The van der Waals surface area contributed by atoms with Gasteiger partial charge in [0.15, 0.2) is 0 Å². The van der Waals surface area contributed by atoms with E-state index in [4.69, 9.17) is 11.6 Å². The van der Waals surface area contributed by atoms with Crippen LogP contribution in [0.2, 0.25) is 5.02 Å². The average molecular weight is 353 g/mol. The van der Waals surface area contributed by atoms with Crippen molar-refractivity contribution in [1.29, 1.82) is 0 Å². The number of amides is 1. The van der Waals surface area contributed by atoms with Gasteiger partial charge in [0.2, 0.25) is 0 Å². The van der Waals surface area contributed by atoms with Crippen molar-refractivity contribution in [3.05, 3.63) is 89.0 Å². The maximum atomic E-state index is 12.1. The van der Waals surface area contributed by atoms with Gasteiger partial charge in [-0.3, -0.25) is 9.78 Å². The molecule has 1 aromatic carbocycles. The van der Waals surface area contributed by atoms with Gasteiger partial charge in [0, 0.05) is 30.5 Å². The summed E-state index contributed by atoms with van der Waals surface area (Å²) in [5, 5.41) is 6.77. The molecule has 0 saturated carbocycles. The number of nitrogens with one attached hydrogen (secondary N) is 2. The zero-order valence-corrected chi connectivity index (χ0v) is 14.2. The largest absolute Gasteiger partial charge is 0.380 e. The Morgan fingerprint density at radius 2 is 1.64 bits per heavy atom. The van der Waals surface area contributed by atoms with Crippen molar-refractivity contribution in [3.63, 3.8) is 0 Å². The summed E-state index contributed by atoms with van der Waals surface area (Å²) in [5.74, 6) is -0.212. The molecule has 6 heteroatoms. The van der Waals surface area contributed by atoms with E-state index >= 15 is 0 Å². The molecule has 0 saturated heterocycles. The van der Waals surface area contributed by atoms with Crippen molar-refractivity contribution in [1.82, 2.24) is 15.3 Å². The lowest BCUT2D eigenvalue weighted by molar-refractivity contribution is 0.0946. The maximum Gasteiger partial charge on any atom is 0.270 e. The van der Waals surface area contributed by atoms with Crippen molar-refractivity contribution < 1.29 is 4.79 Å². The van der Waals surface area contributed by atoms with Crippen LogP contribution in [0.15, 0.2) is 67.1 Å². The van der Waals surface area contributed by atoms with Crippen LogP contribution in [0.1, 0.15) is 21.6 Å². The third-order valence-electron chi connectivity index (χ3n) is 3.61. The lowest BCUT2D eigenvalue weighted by Gasteiger charge is -2.08. The van der Waals surface area contributed by atoms with Crippen molar-refractivity contribution >= 4 is 23.2 Å². The number of carbonyl (C=O) groups is 1. The van der Waals surface area contributed by atoms with E-state index in [0.717, 1.165) is 16.8 Å². The lowest BCUT2D eigenvalue weighted by atomic mass is 10.2. The minimum Gasteiger partial charge on any atom is -0.380 e. The van der Waals surface area contributed by atoms with Crippen LogP contribution in [0.4, 0.5) is 5.69 Å². The number of benzene rings is 1. The summed E-state index contributed by atoms with van der Waals surface area (Å²) in [6, 6.07) is 14.8. The van der Waals surface area contributed by atoms with Crippen molar-refractivity contribution in [2.24, 2.45) is 0 Å². The molecule has 0 radical (unpaired) electrons. The number of rotatable bonds is 6. The number of anilines is 1. The molecule has 3 aromatic rings. The van der Waals surface area contributed by atoms with Gasteiger partial charge in [0.05, 0.1) is 11.9 Å². The molecule has 25 heavy (non-hydrogen) atoms. The second-order valence-electron chi connectivity index (χ2n) is 5.45. The summed E-state index contributed by atoms with van der Waals surface area (Å²) < 4.78 is 0. The van der Waals surface area contributed by atoms with Gasteiger partial charge in [-0.05, 0) is 47.5 Å². The molecule has 0 aliphatic heterocycles. The van der Waals surface area contributed by atoms with Crippen molar-refractivity contribution in [2.75, 3.05) is 5.32 Å². The monoisotopic (exact) mass is 352 g/mol. The number of carbonyl (C=O) groups excluding carboxylic acids is 1. The van der Waals surface area contributed by atoms with Gasteiger partial charge in [-0.15, -0.1) is 0 Å². The highest BCUT2D eigenvalue weighted by Gasteiger charge is 2.07. The summed E-state index contributed by atoms with van der Waals surface area (Å²) in [6.45, 7) is 1.10. The number of nitrogens with zero attached hydrogens (tertiary/aromatic N) is 2. The quantitative estimate of drug-likeness (QED) is 0.710. The van der Waals surface area contributed by atoms with Gasteiger partial charge in [-0.25, -0.2) is 4.98 Å². The fraction of sp³-hybridized carbons (Fsp3) is 0.105. The van der Waals surface area contributed by atoms with E-state index in [1.165, 1.54) is 0 Å². The molecule has 0 unspecified atom stereocenters. The van der Waals surface area contributed by atoms with E-state index in [-0.39, 0.29) is 5.91 Å². The highest BCUT2D eigenvalue weighted by molar-refractivity contribution is 6.30. The molecule has 0 fully saturated rings. The van der Waals surface area contributed by atoms with Gasteiger partial charge in [0.25, 0.3) is 5.91 Å². The van der Waals surface area contributed by atoms with Crippen molar-refractivity contribution in [3.8, 4) is 0 Å². The number of pyridine rings is 2. The van der Waals surface area contributed by atoms with Crippen LogP contribution in [0.5, 0.6) is 0 Å². The van der Waals surface area contributed by atoms with Crippen LogP contribution < -0.4 is 10.6 Å². The summed E-state index contributed by atoms with van der Waals surface area (Å²) in [4.78, 5) is 20.3. The Morgan fingerprint density at radius 3 is 2.32 bits per heavy atom. The summed E-state index contributed by atoms with van der Waals surface area (Å²) in [5.41, 5.74) is 3.34. The fourth-order valence-corrected chi connectivity index (χ4v) is 2.34. The Hall–Kier alpha value is -2.92. The van der Waals surface area contributed by atoms with Crippen LogP contribution >= 0.6 is 11.6 Å². The molecular weight excluding hydrogens is 336 g/mol. The van der Waals surface area contributed by atoms with Gasteiger partial charge < -0.3 is 10.6 Å². The van der Waals surface area contributed by atoms with E-state index in [1.807, 2.05) is 30.3 Å². The zero-order valence-electron chi connectivity index (χ0n) is 13.4. The smallest absolute Gasteiger partial charge is 0.270 e. The third kappa shape index (κ3) is 5.02. The topological polar surface area (TPSA) is 66.9 Å². The summed E-state index contributed by atoms with van der Waals surface area (Å²) in [6.07, 6.45) is 5.16. The third-order valence-corrected chi connectivity index (χ3v) is 3.86. The molecule has 1 amide bonds. The van der Waals surface area contributed by atoms with E-state index < -0.39 is 0 Å². The molecule has 0 bridgehead atoms. The first-order valence-corrected chi connectivity index (χ1v) is 8.20. The molecule has 0 atom stereocenters. The van der Waals surface area contributed by atoms with E-state index in [1.54, 1.807) is 36.8 Å². The highest BCUT2D eigenvalue weighted by Crippen LogP contribution is 2.10. The zero-order chi connectivity index (χ0) is 17.5. The van der Waals surface area contributed by atoms with Crippen LogP contribution in [-0.4, -0.2) is 15.9 Å². The van der Waals surface area contributed by atoms with E-state index in [9.17, 15) is 4.79 Å². The number of halogens is 1. The Labute approximate surface area is 151 Å². The molecule has 0 aliphatic carbocycles. The standard InChI is InChI=1S/C19H17ClN4O/c20-16-3-1-14(2-4-16)12-24-19(25)18-6-5-17(13-23-18)22-11-15-7-9-21-10-8-15/h1-10,13,22H,11-12H2,(H,24,25). The first kappa shape index (κ1) is 16.9. The number of hydrogen-bond donors (Lipinski definition) is 2. The normalized spacial score (nSPS) is 10.3. The second-order valence-corrected chi connectivity index (χ2v) is 5.89. The van der Waals surface area contributed by atoms with Crippen LogP contribution in [0, 0.1) is 0 Å². The first-order chi connectivity index (χ1) is 12.2. The van der Waals surface area contributed by atoms with Crippen molar-refractivity contribution in [2.45, 2.75) is 13.1 Å². The Morgan fingerprint density at radius 1 is 0.920 bits per heavy atom. The molecule has 2 aromatic heterocycles. The predicted octanol–water partition coefficient (Wildman–Crippen LogP) is 3.67. The predicted molar refractivity (Wildman–Crippen MR) is 98.4 cm³/mol. The minimum atomic E-state index is -0.212. The van der Waals surface area contributed by atoms with Crippen LogP contribution in [0.25, 0.3) is 0 Å². The second kappa shape index (κ2) is 8.26. The molecule has 126 valence electrons. The lowest BCUT2D eigenvalue weighted by Crippen LogP contribution is -2.23. The van der Waals surface area contributed by atoms with E-state index in [0.29, 0.717) is 23.8 Å². The Bertz CT molecular complexity index is 820. The Balaban J connectivity index is 1.52. The molecule has 0 aliphatic rings. The van der Waals surface area contributed by atoms with E-state index in [2.05, 4.69) is 20.6 Å². The molecule has 2 heterocycles. The summed E-state index contributed by atoms with van der Waals surface area (Å²) in [7, 11) is 0. The molecule has 0 spiro atoms. The van der Waals surface area contributed by atoms with Gasteiger partial charge >= 0.3 is 0 Å². The summed E-state index contributed by atoms with van der Waals surface area (Å²) >= 11 is 5.84. The SMILES string of the molecule is O=C(NCc1ccc(Cl)cc1)c1ccc(NCc2ccncc2)cn1. The van der Waals surface area contributed by atoms with Crippen LogP contribution in [-0.2, 0) is 13.1 Å². The average Bonchev–Trinajstić information content (AvgIpc) is 2.67. The molecule has 5 nitrogen and oxygen atoms in total. The highest BCUT2D eigenvalue weighted by atomic mass is 35.5. The molecule has 2 N–H and O–H groups in total. The Kier molecular flexibility index (Phi) is 5.59. The first-order valence-electron chi connectivity index (χ1n) is 7.82. The number of aromatic nitrogens is 2. The fourth-order valence-electron chi connectivity index (χ4n) is 2.21. The van der Waals surface area contributed by atoms with Gasteiger partial charge in [0.1, 0.15) is 5.69 Å². The van der Waals surface area contributed by atoms with Gasteiger partial charge in [-0.2, -0.15) is 0 Å². The minimum absolute atomic E-state index is 0.212. The number of hydrogen-bond acceptors (Lipinski definition) is 4. The van der Waals surface area contributed by atoms with Gasteiger partial charge in [-0.1, -0.05) is 23.7 Å². The maximum absolute atomic E-state index is 12.1. The van der Waals surface area contributed by atoms with Crippen LogP contribution in [0.3, 0.4) is 0 Å².